The van der Waals surface area contributed by atoms with Crippen molar-refractivity contribution in [2.75, 3.05) is 7.11 Å². The van der Waals surface area contributed by atoms with Crippen LogP contribution in [0.25, 0.3) is 0 Å². The lowest BCUT2D eigenvalue weighted by Gasteiger charge is -2.18. The fourth-order valence-electron chi connectivity index (χ4n) is 1.48. The van der Waals surface area contributed by atoms with Gasteiger partial charge in [0.2, 0.25) is 0 Å². The van der Waals surface area contributed by atoms with E-state index in [0.717, 1.165) is 6.42 Å². The molecule has 0 saturated carbocycles. The van der Waals surface area contributed by atoms with Gasteiger partial charge in [-0.2, -0.15) is 4.98 Å². The standard InChI is InChI=1S/C10H15ClN2O2/c1-4-7(6(2)14)9-8(11)5-12-10(13-9)15-3/h5-7,14H,4H2,1-3H3. The summed E-state index contributed by atoms with van der Waals surface area (Å²) in [5.41, 5.74) is 0.640. The number of aliphatic hydroxyl groups is 1. The Bertz CT molecular complexity index is 331. The van der Waals surface area contributed by atoms with Gasteiger partial charge >= 0.3 is 6.01 Å². The Balaban J connectivity index is 3.09. The molecule has 0 aliphatic heterocycles. The molecule has 5 heteroatoms. The molecular formula is C10H15ClN2O2. The van der Waals surface area contributed by atoms with E-state index in [1.54, 1.807) is 6.92 Å². The minimum atomic E-state index is -0.493. The van der Waals surface area contributed by atoms with Crippen LogP contribution >= 0.6 is 11.6 Å². The van der Waals surface area contributed by atoms with Crippen molar-refractivity contribution in [1.29, 1.82) is 0 Å². The third kappa shape index (κ3) is 2.79. The lowest BCUT2D eigenvalue weighted by Crippen LogP contribution is -2.16. The summed E-state index contributed by atoms with van der Waals surface area (Å²) in [4.78, 5) is 8.04. The molecule has 0 aromatic carbocycles. The van der Waals surface area contributed by atoms with Crippen molar-refractivity contribution < 1.29 is 9.84 Å². The fraction of sp³-hybridized carbons (Fsp3) is 0.600. The molecule has 4 nitrogen and oxygen atoms in total. The van der Waals surface area contributed by atoms with Crippen LogP contribution in [0.5, 0.6) is 6.01 Å². The van der Waals surface area contributed by atoms with Gasteiger partial charge in [0.15, 0.2) is 0 Å². The Morgan fingerprint density at radius 3 is 2.73 bits per heavy atom. The van der Waals surface area contributed by atoms with E-state index in [2.05, 4.69) is 9.97 Å². The van der Waals surface area contributed by atoms with Gasteiger partial charge in [0.1, 0.15) is 0 Å². The number of aliphatic hydroxyl groups excluding tert-OH is 1. The molecule has 1 N–H and O–H groups in total. The summed E-state index contributed by atoms with van der Waals surface area (Å²) < 4.78 is 4.92. The maximum atomic E-state index is 9.59. The highest BCUT2D eigenvalue weighted by atomic mass is 35.5. The van der Waals surface area contributed by atoms with E-state index in [4.69, 9.17) is 16.3 Å². The average Bonchev–Trinajstić information content (AvgIpc) is 2.21. The second-order valence-corrected chi connectivity index (χ2v) is 3.75. The van der Waals surface area contributed by atoms with Gasteiger partial charge in [-0.25, -0.2) is 4.98 Å². The Morgan fingerprint density at radius 1 is 1.60 bits per heavy atom. The molecular weight excluding hydrogens is 216 g/mol. The first-order valence-corrected chi connectivity index (χ1v) is 5.22. The Labute approximate surface area is 94.3 Å². The van der Waals surface area contributed by atoms with E-state index < -0.39 is 6.10 Å². The number of rotatable bonds is 4. The molecule has 15 heavy (non-hydrogen) atoms. The number of nitrogens with zero attached hydrogens (tertiary/aromatic N) is 2. The van der Waals surface area contributed by atoms with Gasteiger partial charge in [0.25, 0.3) is 0 Å². The van der Waals surface area contributed by atoms with Crippen LogP contribution in [0.4, 0.5) is 0 Å². The normalized spacial score (nSPS) is 14.7. The molecule has 1 aromatic rings. The van der Waals surface area contributed by atoms with E-state index in [-0.39, 0.29) is 11.9 Å². The quantitative estimate of drug-likeness (QED) is 0.860. The molecule has 0 amide bonds. The molecule has 0 bridgehead atoms. The minimum Gasteiger partial charge on any atom is -0.467 e. The largest absolute Gasteiger partial charge is 0.467 e. The molecule has 0 fully saturated rings. The van der Waals surface area contributed by atoms with Gasteiger partial charge in [-0.3, -0.25) is 0 Å². The predicted octanol–water partition coefficient (Wildman–Crippen LogP) is 2.01. The molecule has 0 saturated heterocycles. The van der Waals surface area contributed by atoms with E-state index in [1.807, 2.05) is 6.92 Å². The predicted molar refractivity (Wildman–Crippen MR) is 58.3 cm³/mol. The van der Waals surface area contributed by atoms with Crippen molar-refractivity contribution in [2.45, 2.75) is 32.3 Å². The number of methoxy groups -OCH3 is 1. The van der Waals surface area contributed by atoms with Crippen LogP contribution in [0.3, 0.4) is 0 Å². The molecule has 1 rings (SSSR count). The van der Waals surface area contributed by atoms with E-state index in [1.165, 1.54) is 13.3 Å². The minimum absolute atomic E-state index is 0.0885. The highest BCUT2D eigenvalue weighted by Crippen LogP contribution is 2.28. The summed E-state index contributed by atoms with van der Waals surface area (Å²) in [6, 6.07) is 0.272. The SMILES string of the molecule is CCC(c1nc(OC)ncc1Cl)C(C)O. The monoisotopic (exact) mass is 230 g/mol. The molecule has 1 aromatic heterocycles. The fourth-order valence-corrected chi connectivity index (χ4v) is 1.72. The van der Waals surface area contributed by atoms with Crippen molar-refractivity contribution in [3.05, 3.63) is 16.9 Å². The highest BCUT2D eigenvalue weighted by molar-refractivity contribution is 6.31. The summed E-state index contributed by atoms with van der Waals surface area (Å²) >= 11 is 5.98. The lowest BCUT2D eigenvalue weighted by molar-refractivity contribution is 0.157. The van der Waals surface area contributed by atoms with Gasteiger partial charge in [0.05, 0.1) is 30.1 Å². The Kier molecular flexibility index (Phi) is 4.29. The summed E-state index contributed by atoms with van der Waals surface area (Å²) in [7, 11) is 1.50. The molecule has 84 valence electrons. The van der Waals surface area contributed by atoms with E-state index in [9.17, 15) is 5.11 Å². The number of halogens is 1. The molecule has 0 aliphatic rings. The van der Waals surface area contributed by atoms with Crippen LogP contribution < -0.4 is 4.74 Å². The smallest absolute Gasteiger partial charge is 0.316 e. The van der Waals surface area contributed by atoms with Crippen molar-refractivity contribution in [3.8, 4) is 6.01 Å². The van der Waals surface area contributed by atoms with Crippen molar-refractivity contribution in [3.63, 3.8) is 0 Å². The van der Waals surface area contributed by atoms with Crippen molar-refractivity contribution in [1.82, 2.24) is 9.97 Å². The second kappa shape index (κ2) is 5.28. The maximum absolute atomic E-state index is 9.59. The van der Waals surface area contributed by atoms with Crippen LogP contribution in [0.2, 0.25) is 5.02 Å². The first-order valence-electron chi connectivity index (χ1n) is 4.84. The molecule has 0 radical (unpaired) electrons. The first-order chi connectivity index (χ1) is 7.10. The number of hydrogen-bond donors (Lipinski definition) is 1. The number of hydrogen-bond acceptors (Lipinski definition) is 4. The van der Waals surface area contributed by atoms with Crippen LogP contribution in [-0.2, 0) is 0 Å². The maximum Gasteiger partial charge on any atom is 0.316 e. The highest BCUT2D eigenvalue weighted by Gasteiger charge is 2.20. The van der Waals surface area contributed by atoms with Crippen molar-refractivity contribution >= 4 is 11.6 Å². The Hall–Kier alpha value is -0.870. The number of aromatic nitrogens is 2. The van der Waals surface area contributed by atoms with Crippen LogP contribution in [0, 0.1) is 0 Å². The van der Waals surface area contributed by atoms with Gasteiger partial charge in [-0.05, 0) is 13.3 Å². The van der Waals surface area contributed by atoms with Crippen molar-refractivity contribution in [2.24, 2.45) is 0 Å². The molecule has 0 aliphatic carbocycles. The zero-order chi connectivity index (χ0) is 11.4. The third-order valence-corrected chi connectivity index (χ3v) is 2.60. The zero-order valence-electron chi connectivity index (χ0n) is 9.07. The Morgan fingerprint density at radius 2 is 2.27 bits per heavy atom. The first kappa shape index (κ1) is 12.2. The lowest BCUT2D eigenvalue weighted by atomic mass is 9.96. The van der Waals surface area contributed by atoms with Crippen LogP contribution in [0.1, 0.15) is 31.9 Å². The second-order valence-electron chi connectivity index (χ2n) is 3.35. The average molecular weight is 231 g/mol. The summed E-state index contributed by atoms with van der Waals surface area (Å²) in [5.74, 6) is -0.0885. The van der Waals surface area contributed by atoms with Gasteiger partial charge in [-0.1, -0.05) is 18.5 Å². The summed E-state index contributed by atoms with van der Waals surface area (Å²) in [5, 5.41) is 10.1. The molecule has 2 unspecified atom stereocenters. The van der Waals surface area contributed by atoms with Crippen LogP contribution in [-0.4, -0.2) is 28.3 Å². The van der Waals surface area contributed by atoms with E-state index >= 15 is 0 Å². The summed E-state index contributed by atoms with van der Waals surface area (Å²) in [6.07, 6.45) is 1.76. The number of ether oxygens (including phenoxy) is 1. The summed E-state index contributed by atoms with van der Waals surface area (Å²) in [6.45, 7) is 3.70. The third-order valence-electron chi connectivity index (χ3n) is 2.31. The van der Waals surface area contributed by atoms with Crippen LogP contribution in [0.15, 0.2) is 6.20 Å². The molecule has 2 atom stereocenters. The molecule has 0 spiro atoms. The molecule has 1 heterocycles. The van der Waals surface area contributed by atoms with E-state index in [0.29, 0.717) is 10.7 Å². The topological polar surface area (TPSA) is 55.2 Å². The zero-order valence-corrected chi connectivity index (χ0v) is 9.82. The van der Waals surface area contributed by atoms with Gasteiger partial charge < -0.3 is 9.84 Å². The van der Waals surface area contributed by atoms with Gasteiger partial charge in [-0.15, -0.1) is 0 Å². The van der Waals surface area contributed by atoms with Gasteiger partial charge in [0, 0.05) is 5.92 Å².